The van der Waals surface area contributed by atoms with Gasteiger partial charge in [-0.1, -0.05) is 36.0 Å². The first-order valence-electron chi connectivity index (χ1n) is 6.77. The first-order chi connectivity index (χ1) is 10.1. The SMILES string of the molecule is Cc1ccc(CSc2nnc(-c3cccs3)n2C)cc1C. The first-order valence-corrected chi connectivity index (χ1v) is 8.64. The first kappa shape index (κ1) is 14.4. The average molecular weight is 315 g/mol. The maximum absolute atomic E-state index is 4.31. The summed E-state index contributed by atoms with van der Waals surface area (Å²) in [7, 11) is 2.03. The van der Waals surface area contributed by atoms with Gasteiger partial charge < -0.3 is 4.57 Å². The topological polar surface area (TPSA) is 30.7 Å². The van der Waals surface area contributed by atoms with E-state index < -0.39 is 0 Å². The van der Waals surface area contributed by atoms with Crippen LogP contribution < -0.4 is 0 Å². The fraction of sp³-hybridized carbons (Fsp3) is 0.250. The van der Waals surface area contributed by atoms with Crippen LogP contribution in [0.5, 0.6) is 0 Å². The monoisotopic (exact) mass is 315 g/mol. The van der Waals surface area contributed by atoms with E-state index >= 15 is 0 Å². The van der Waals surface area contributed by atoms with Gasteiger partial charge in [-0.25, -0.2) is 0 Å². The molecule has 0 saturated carbocycles. The van der Waals surface area contributed by atoms with Crippen LogP contribution in [0, 0.1) is 13.8 Å². The lowest BCUT2D eigenvalue weighted by Gasteiger charge is -2.05. The smallest absolute Gasteiger partial charge is 0.191 e. The minimum atomic E-state index is 0.914. The predicted molar refractivity (Wildman–Crippen MR) is 89.8 cm³/mol. The molecule has 0 unspecified atom stereocenters. The zero-order valence-electron chi connectivity index (χ0n) is 12.3. The van der Waals surface area contributed by atoms with Crippen molar-refractivity contribution in [1.82, 2.24) is 14.8 Å². The largest absolute Gasteiger partial charge is 0.304 e. The van der Waals surface area contributed by atoms with Gasteiger partial charge in [-0.05, 0) is 42.0 Å². The minimum Gasteiger partial charge on any atom is -0.304 e. The van der Waals surface area contributed by atoms with Gasteiger partial charge in [0.2, 0.25) is 0 Å². The number of nitrogens with zero attached hydrogens (tertiary/aromatic N) is 3. The molecule has 0 spiro atoms. The number of aromatic nitrogens is 3. The highest BCUT2D eigenvalue weighted by molar-refractivity contribution is 7.98. The Morgan fingerprint density at radius 2 is 2.00 bits per heavy atom. The molecule has 3 nitrogen and oxygen atoms in total. The van der Waals surface area contributed by atoms with Gasteiger partial charge in [0.1, 0.15) is 0 Å². The highest BCUT2D eigenvalue weighted by atomic mass is 32.2. The molecule has 0 aliphatic rings. The van der Waals surface area contributed by atoms with E-state index in [-0.39, 0.29) is 0 Å². The molecule has 0 amide bonds. The van der Waals surface area contributed by atoms with Crippen molar-refractivity contribution in [3.63, 3.8) is 0 Å². The van der Waals surface area contributed by atoms with Crippen molar-refractivity contribution in [2.45, 2.75) is 24.8 Å². The summed E-state index contributed by atoms with van der Waals surface area (Å²) < 4.78 is 2.07. The van der Waals surface area contributed by atoms with E-state index in [4.69, 9.17) is 0 Å². The summed E-state index contributed by atoms with van der Waals surface area (Å²) in [5, 5.41) is 11.6. The van der Waals surface area contributed by atoms with Crippen LogP contribution in [-0.4, -0.2) is 14.8 Å². The summed E-state index contributed by atoms with van der Waals surface area (Å²) in [5.41, 5.74) is 4.00. The van der Waals surface area contributed by atoms with E-state index in [0.717, 1.165) is 21.6 Å². The summed E-state index contributed by atoms with van der Waals surface area (Å²) in [6.07, 6.45) is 0. The van der Waals surface area contributed by atoms with Crippen LogP contribution in [0.25, 0.3) is 10.7 Å². The molecule has 2 aromatic heterocycles. The standard InChI is InChI=1S/C16H17N3S2/c1-11-6-7-13(9-12(11)2)10-21-16-18-17-15(19(16)3)14-5-4-8-20-14/h4-9H,10H2,1-3H3. The Hall–Kier alpha value is -1.59. The van der Waals surface area contributed by atoms with Gasteiger partial charge in [0.05, 0.1) is 4.88 Å². The molecular weight excluding hydrogens is 298 g/mol. The van der Waals surface area contributed by atoms with Crippen molar-refractivity contribution < 1.29 is 0 Å². The lowest BCUT2D eigenvalue weighted by Crippen LogP contribution is -1.94. The van der Waals surface area contributed by atoms with E-state index in [1.165, 1.54) is 16.7 Å². The number of thiophene rings is 1. The van der Waals surface area contributed by atoms with E-state index in [2.05, 4.69) is 58.3 Å². The van der Waals surface area contributed by atoms with Gasteiger partial charge >= 0.3 is 0 Å². The second-order valence-corrected chi connectivity index (χ2v) is 6.94. The number of hydrogen-bond acceptors (Lipinski definition) is 4. The molecule has 3 aromatic rings. The Kier molecular flexibility index (Phi) is 4.12. The second kappa shape index (κ2) is 6.03. The highest BCUT2D eigenvalue weighted by Gasteiger charge is 2.12. The fourth-order valence-corrected chi connectivity index (χ4v) is 3.70. The molecule has 0 bridgehead atoms. The Labute approximate surface area is 133 Å². The van der Waals surface area contributed by atoms with Crippen LogP contribution in [0.15, 0.2) is 40.9 Å². The molecule has 0 aliphatic carbocycles. The Bertz CT molecular complexity index is 745. The van der Waals surface area contributed by atoms with Crippen molar-refractivity contribution >= 4 is 23.1 Å². The normalized spacial score (nSPS) is 11.0. The molecule has 3 rings (SSSR count). The van der Waals surface area contributed by atoms with Crippen LogP contribution in [0.3, 0.4) is 0 Å². The Balaban J connectivity index is 1.75. The predicted octanol–water partition coefficient (Wildman–Crippen LogP) is 4.45. The molecule has 5 heteroatoms. The van der Waals surface area contributed by atoms with Gasteiger partial charge in [0, 0.05) is 12.8 Å². The summed E-state index contributed by atoms with van der Waals surface area (Å²) in [6.45, 7) is 4.29. The number of thioether (sulfide) groups is 1. The van der Waals surface area contributed by atoms with Crippen molar-refractivity contribution in [2.24, 2.45) is 7.05 Å². The van der Waals surface area contributed by atoms with Crippen molar-refractivity contribution in [3.05, 3.63) is 52.4 Å². The molecule has 21 heavy (non-hydrogen) atoms. The van der Waals surface area contributed by atoms with Crippen LogP contribution >= 0.6 is 23.1 Å². The molecule has 0 saturated heterocycles. The van der Waals surface area contributed by atoms with Gasteiger partial charge in [-0.15, -0.1) is 21.5 Å². The molecule has 0 N–H and O–H groups in total. The average Bonchev–Trinajstić information content (AvgIpc) is 3.10. The Morgan fingerprint density at radius 3 is 2.71 bits per heavy atom. The maximum Gasteiger partial charge on any atom is 0.191 e. The third-order valence-electron chi connectivity index (χ3n) is 3.52. The molecule has 108 valence electrons. The quantitative estimate of drug-likeness (QED) is 0.666. The lowest BCUT2D eigenvalue weighted by atomic mass is 10.1. The molecule has 0 aliphatic heterocycles. The fourth-order valence-electron chi connectivity index (χ4n) is 2.10. The highest BCUT2D eigenvalue weighted by Crippen LogP contribution is 2.27. The summed E-state index contributed by atoms with van der Waals surface area (Å²) in [4.78, 5) is 1.16. The van der Waals surface area contributed by atoms with Gasteiger partial charge in [-0.3, -0.25) is 0 Å². The van der Waals surface area contributed by atoms with E-state index in [0.29, 0.717) is 0 Å². The van der Waals surface area contributed by atoms with E-state index in [9.17, 15) is 0 Å². The van der Waals surface area contributed by atoms with E-state index in [1.54, 1.807) is 23.1 Å². The minimum absolute atomic E-state index is 0.914. The summed E-state index contributed by atoms with van der Waals surface area (Å²) in [6, 6.07) is 10.7. The van der Waals surface area contributed by atoms with Crippen LogP contribution in [0.2, 0.25) is 0 Å². The summed E-state index contributed by atoms with van der Waals surface area (Å²) in [5.74, 6) is 1.85. The van der Waals surface area contributed by atoms with Crippen molar-refractivity contribution in [3.8, 4) is 10.7 Å². The van der Waals surface area contributed by atoms with Gasteiger partial charge in [-0.2, -0.15) is 0 Å². The molecule has 1 aromatic carbocycles. The summed E-state index contributed by atoms with van der Waals surface area (Å²) >= 11 is 3.42. The molecule has 0 fully saturated rings. The molecule has 2 heterocycles. The Morgan fingerprint density at radius 1 is 1.14 bits per heavy atom. The number of rotatable bonds is 4. The second-order valence-electron chi connectivity index (χ2n) is 5.05. The number of aryl methyl sites for hydroxylation is 2. The molecule has 0 radical (unpaired) electrons. The number of benzene rings is 1. The molecule has 0 atom stereocenters. The van der Waals surface area contributed by atoms with Gasteiger partial charge in [0.15, 0.2) is 11.0 Å². The van der Waals surface area contributed by atoms with Crippen molar-refractivity contribution in [1.29, 1.82) is 0 Å². The van der Waals surface area contributed by atoms with Crippen LogP contribution in [0.4, 0.5) is 0 Å². The van der Waals surface area contributed by atoms with E-state index in [1.807, 2.05) is 13.1 Å². The van der Waals surface area contributed by atoms with Crippen LogP contribution in [-0.2, 0) is 12.8 Å². The zero-order valence-corrected chi connectivity index (χ0v) is 14.0. The molecular formula is C16H17N3S2. The maximum atomic E-state index is 4.31. The van der Waals surface area contributed by atoms with Gasteiger partial charge in [0.25, 0.3) is 0 Å². The number of hydrogen-bond donors (Lipinski definition) is 0. The zero-order chi connectivity index (χ0) is 14.8. The third kappa shape index (κ3) is 3.04. The van der Waals surface area contributed by atoms with Crippen LogP contribution in [0.1, 0.15) is 16.7 Å². The lowest BCUT2D eigenvalue weighted by molar-refractivity contribution is 0.794. The third-order valence-corrected chi connectivity index (χ3v) is 5.47. The van der Waals surface area contributed by atoms with Crippen molar-refractivity contribution in [2.75, 3.05) is 0 Å².